The van der Waals surface area contributed by atoms with Crippen molar-refractivity contribution < 1.29 is 9.53 Å². The number of hydrogen-bond acceptors (Lipinski definition) is 3. The number of anilines is 1. The molecule has 2 aromatic carbocycles. The largest absolute Gasteiger partial charge is 0.465 e. The minimum atomic E-state index is -0.393. The molecule has 0 aliphatic heterocycles. The molecule has 3 heteroatoms. The van der Waals surface area contributed by atoms with E-state index in [1.54, 1.807) is 0 Å². The summed E-state index contributed by atoms with van der Waals surface area (Å²) in [7, 11) is 0. The number of rotatable bonds is 4. The number of ether oxygens (including phenoxy) is 1. The van der Waals surface area contributed by atoms with Crippen molar-refractivity contribution in [2.24, 2.45) is 0 Å². The van der Waals surface area contributed by atoms with E-state index in [0.29, 0.717) is 6.61 Å². The van der Waals surface area contributed by atoms with Gasteiger partial charge in [0.05, 0.1) is 12.0 Å². The van der Waals surface area contributed by atoms with E-state index < -0.39 is 5.41 Å². The summed E-state index contributed by atoms with van der Waals surface area (Å²) in [5.41, 5.74) is 9.37. The Labute approximate surface area is 124 Å². The third kappa shape index (κ3) is 2.51. The molecule has 0 atom stereocenters. The summed E-state index contributed by atoms with van der Waals surface area (Å²) in [6.07, 6.45) is 1.76. The summed E-state index contributed by atoms with van der Waals surface area (Å²) in [6, 6.07) is 16.0. The second-order valence-electron chi connectivity index (χ2n) is 5.50. The monoisotopic (exact) mass is 281 g/mol. The third-order valence-electron chi connectivity index (χ3n) is 4.10. The first kappa shape index (κ1) is 13.7. The first-order valence-corrected chi connectivity index (χ1v) is 7.29. The molecule has 1 fully saturated rings. The molecule has 0 saturated heterocycles. The Morgan fingerprint density at radius 2 is 1.57 bits per heavy atom. The van der Waals surface area contributed by atoms with Gasteiger partial charge in [-0.05, 0) is 48.6 Å². The van der Waals surface area contributed by atoms with Crippen LogP contribution in [-0.2, 0) is 14.9 Å². The molecule has 0 radical (unpaired) electrons. The molecule has 0 amide bonds. The second-order valence-corrected chi connectivity index (χ2v) is 5.50. The number of carbonyl (C=O) groups excluding carboxylic acids is 1. The molecule has 2 N–H and O–H groups in total. The molecule has 0 heterocycles. The first-order chi connectivity index (χ1) is 10.2. The summed E-state index contributed by atoms with van der Waals surface area (Å²) in [5.74, 6) is -0.0924. The van der Waals surface area contributed by atoms with Crippen molar-refractivity contribution in [2.75, 3.05) is 12.3 Å². The highest BCUT2D eigenvalue weighted by molar-refractivity contribution is 5.87. The molecule has 2 aromatic rings. The molecule has 0 spiro atoms. The Morgan fingerprint density at radius 3 is 2.05 bits per heavy atom. The van der Waals surface area contributed by atoms with Crippen LogP contribution in [0.15, 0.2) is 48.5 Å². The van der Waals surface area contributed by atoms with E-state index in [4.69, 9.17) is 10.5 Å². The number of nitrogens with two attached hydrogens (primary N) is 1. The predicted molar refractivity (Wildman–Crippen MR) is 83.8 cm³/mol. The van der Waals surface area contributed by atoms with Crippen LogP contribution >= 0.6 is 0 Å². The number of nitrogen functional groups attached to an aromatic ring is 1. The molecule has 0 unspecified atom stereocenters. The smallest absolute Gasteiger partial charge is 0.316 e. The highest BCUT2D eigenvalue weighted by Crippen LogP contribution is 2.49. The fourth-order valence-corrected chi connectivity index (χ4v) is 2.66. The lowest BCUT2D eigenvalue weighted by Gasteiger charge is -2.14. The van der Waals surface area contributed by atoms with E-state index in [1.807, 2.05) is 43.3 Å². The van der Waals surface area contributed by atoms with Crippen molar-refractivity contribution in [3.63, 3.8) is 0 Å². The lowest BCUT2D eigenvalue weighted by Crippen LogP contribution is -2.23. The van der Waals surface area contributed by atoms with Crippen LogP contribution in [0.4, 0.5) is 5.69 Å². The van der Waals surface area contributed by atoms with Crippen LogP contribution in [-0.4, -0.2) is 12.6 Å². The van der Waals surface area contributed by atoms with E-state index in [9.17, 15) is 4.79 Å². The molecule has 0 aromatic heterocycles. The predicted octanol–water partition coefficient (Wildman–Crippen LogP) is 3.53. The number of benzene rings is 2. The van der Waals surface area contributed by atoms with Crippen molar-refractivity contribution in [1.29, 1.82) is 0 Å². The molecule has 3 nitrogen and oxygen atoms in total. The van der Waals surface area contributed by atoms with Gasteiger partial charge in [-0.1, -0.05) is 36.4 Å². The van der Waals surface area contributed by atoms with Gasteiger partial charge in [0.15, 0.2) is 0 Å². The Balaban J connectivity index is 1.84. The van der Waals surface area contributed by atoms with Gasteiger partial charge in [-0.25, -0.2) is 0 Å². The molecule has 3 rings (SSSR count). The Kier molecular flexibility index (Phi) is 3.42. The maximum atomic E-state index is 12.1. The van der Waals surface area contributed by atoms with Crippen molar-refractivity contribution >= 4 is 11.7 Å². The van der Waals surface area contributed by atoms with Crippen molar-refractivity contribution in [3.05, 3.63) is 54.1 Å². The van der Waals surface area contributed by atoms with Crippen molar-refractivity contribution in [3.8, 4) is 11.1 Å². The molecule has 1 saturated carbocycles. The zero-order valence-corrected chi connectivity index (χ0v) is 12.1. The second kappa shape index (κ2) is 5.24. The first-order valence-electron chi connectivity index (χ1n) is 7.29. The van der Waals surface area contributed by atoms with Gasteiger partial charge in [-0.15, -0.1) is 0 Å². The van der Waals surface area contributed by atoms with Gasteiger partial charge in [0.25, 0.3) is 0 Å². The van der Waals surface area contributed by atoms with Gasteiger partial charge in [0, 0.05) is 5.69 Å². The average molecular weight is 281 g/mol. The normalized spacial score (nSPS) is 15.5. The van der Waals surface area contributed by atoms with Crippen molar-refractivity contribution in [1.82, 2.24) is 0 Å². The van der Waals surface area contributed by atoms with Gasteiger partial charge < -0.3 is 10.5 Å². The summed E-state index contributed by atoms with van der Waals surface area (Å²) in [5, 5.41) is 0. The molecular formula is C18H19NO2. The summed E-state index contributed by atoms with van der Waals surface area (Å²) < 4.78 is 5.20. The van der Waals surface area contributed by atoms with Crippen LogP contribution in [0, 0.1) is 0 Å². The van der Waals surface area contributed by atoms with Crippen molar-refractivity contribution in [2.45, 2.75) is 25.2 Å². The summed E-state index contributed by atoms with van der Waals surface area (Å²) >= 11 is 0. The molecule has 0 bridgehead atoms. The van der Waals surface area contributed by atoms with E-state index >= 15 is 0 Å². The average Bonchev–Trinajstić information content (AvgIpc) is 3.30. The topological polar surface area (TPSA) is 52.3 Å². The molecule has 1 aliphatic rings. The van der Waals surface area contributed by atoms with Crippen LogP contribution in [0.25, 0.3) is 11.1 Å². The lowest BCUT2D eigenvalue weighted by molar-refractivity contribution is -0.146. The molecular weight excluding hydrogens is 262 g/mol. The minimum Gasteiger partial charge on any atom is -0.465 e. The van der Waals surface area contributed by atoms with Crippen LogP contribution < -0.4 is 5.73 Å². The Hall–Kier alpha value is -2.29. The van der Waals surface area contributed by atoms with E-state index in [2.05, 4.69) is 12.1 Å². The van der Waals surface area contributed by atoms with E-state index in [1.165, 1.54) is 0 Å². The van der Waals surface area contributed by atoms with Crippen LogP contribution in [0.5, 0.6) is 0 Å². The van der Waals surface area contributed by atoms with Crippen LogP contribution in [0.3, 0.4) is 0 Å². The molecule has 108 valence electrons. The fraction of sp³-hybridized carbons (Fsp3) is 0.278. The highest BCUT2D eigenvalue weighted by Gasteiger charge is 2.52. The van der Waals surface area contributed by atoms with Gasteiger partial charge in [0.2, 0.25) is 0 Å². The van der Waals surface area contributed by atoms with Gasteiger partial charge in [-0.2, -0.15) is 0 Å². The number of esters is 1. The zero-order chi connectivity index (χ0) is 14.9. The lowest BCUT2D eigenvalue weighted by atomic mass is 9.94. The van der Waals surface area contributed by atoms with Gasteiger partial charge >= 0.3 is 5.97 Å². The quantitative estimate of drug-likeness (QED) is 0.689. The van der Waals surface area contributed by atoms with E-state index in [-0.39, 0.29) is 5.97 Å². The molecule has 1 aliphatic carbocycles. The SMILES string of the molecule is CCOC(=O)C1(c2ccc(-c3ccc(N)cc3)cc2)CC1. The fourth-order valence-electron chi connectivity index (χ4n) is 2.66. The van der Waals surface area contributed by atoms with Gasteiger partial charge in [-0.3, -0.25) is 4.79 Å². The Bertz CT molecular complexity index is 640. The highest BCUT2D eigenvalue weighted by atomic mass is 16.5. The Morgan fingerprint density at radius 1 is 1.05 bits per heavy atom. The maximum Gasteiger partial charge on any atom is 0.316 e. The molecule has 21 heavy (non-hydrogen) atoms. The zero-order valence-electron chi connectivity index (χ0n) is 12.1. The number of carbonyl (C=O) groups is 1. The van der Waals surface area contributed by atoms with Gasteiger partial charge in [0.1, 0.15) is 0 Å². The maximum absolute atomic E-state index is 12.1. The minimum absolute atomic E-state index is 0.0924. The van der Waals surface area contributed by atoms with Crippen LogP contribution in [0.1, 0.15) is 25.3 Å². The number of hydrogen-bond donors (Lipinski definition) is 1. The standard InChI is InChI=1S/C18H19NO2/c1-2-21-17(20)18(11-12-18)15-7-3-13(4-8-15)14-5-9-16(19)10-6-14/h3-10H,2,11-12,19H2,1H3. The third-order valence-corrected chi connectivity index (χ3v) is 4.10. The summed E-state index contributed by atoms with van der Waals surface area (Å²) in [6.45, 7) is 2.28. The summed E-state index contributed by atoms with van der Waals surface area (Å²) in [4.78, 5) is 12.1. The van der Waals surface area contributed by atoms with Crippen LogP contribution in [0.2, 0.25) is 0 Å². The van der Waals surface area contributed by atoms with E-state index in [0.717, 1.165) is 35.2 Å².